The Bertz CT molecular complexity index is 643. The minimum atomic E-state index is -1.47. The molecule has 0 fully saturated rings. The van der Waals surface area contributed by atoms with Crippen LogP contribution >= 0.6 is 0 Å². The molecule has 0 spiro atoms. The highest BCUT2D eigenvalue weighted by Crippen LogP contribution is 2.09. The van der Waals surface area contributed by atoms with Crippen LogP contribution in [-0.2, 0) is 9.61 Å². The van der Waals surface area contributed by atoms with Crippen LogP contribution in [0, 0.1) is 42.4 Å². The lowest BCUT2D eigenvalue weighted by Gasteiger charge is -2.07. The second-order valence-corrected chi connectivity index (χ2v) is 3.93. The zero-order valence-electron chi connectivity index (χ0n) is 14.4. The van der Waals surface area contributed by atoms with Crippen LogP contribution in [0.1, 0.15) is 22.3 Å². The monoisotopic (exact) mass is 349 g/mol. The summed E-state index contributed by atoms with van der Waals surface area (Å²) in [6, 6.07) is 5.20. The number of rotatable bonds is 4. The van der Waals surface area contributed by atoms with Gasteiger partial charge in [0.25, 0.3) is 0 Å². The van der Waals surface area contributed by atoms with E-state index in [1.807, 2.05) is 6.92 Å². The van der Waals surface area contributed by atoms with Crippen LogP contribution in [0.25, 0.3) is 0 Å². The van der Waals surface area contributed by atoms with E-state index in [9.17, 15) is 0 Å². The molecule has 0 aromatic heterocycles. The Balaban J connectivity index is -0.000000155. The molecule has 0 saturated heterocycles. The summed E-state index contributed by atoms with van der Waals surface area (Å²) in [5.41, 5.74) is 1.42. The number of hydrogen-bond acceptors (Lipinski definition) is 7. The van der Waals surface area contributed by atoms with Gasteiger partial charge in [0.15, 0.2) is 0 Å². The Kier molecular flexibility index (Phi) is 17.8. The maximum absolute atomic E-state index is 8.90. The first-order chi connectivity index (χ1) is 12.0. The molecule has 1 aromatic rings. The van der Waals surface area contributed by atoms with Gasteiger partial charge in [-0.2, -0.15) is 0 Å². The molecular formula is C16H23B2O7. The fourth-order valence-electron chi connectivity index (χ4n) is 1.24. The van der Waals surface area contributed by atoms with Crippen molar-refractivity contribution in [2.24, 2.45) is 0 Å². The van der Waals surface area contributed by atoms with Crippen molar-refractivity contribution in [1.82, 2.24) is 0 Å². The van der Waals surface area contributed by atoms with E-state index in [0.717, 1.165) is 5.56 Å². The molecule has 0 unspecified atom stereocenters. The van der Waals surface area contributed by atoms with Gasteiger partial charge in [-0.25, -0.2) is 0 Å². The SMILES string of the molecule is CC#CC#CC#CC.COc1cc(C)ccc1B(O)O.OO[B]OO.[HH].[HH]. The number of benzene rings is 1. The van der Waals surface area contributed by atoms with Crippen LogP contribution in [0.15, 0.2) is 18.2 Å². The third-order valence-corrected chi connectivity index (χ3v) is 2.19. The molecule has 0 heterocycles. The van der Waals surface area contributed by atoms with E-state index in [1.54, 1.807) is 32.0 Å². The van der Waals surface area contributed by atoms with Crippen LogP contribution in [0.5, 0.6) is 5.75 Å². The van der Waals surface area contributed by atoms with Crippen LogP contribution in [0.4, 0.5) is 0 Å². The Hall–Kier alpha value is -2.41. The largest absolute Gasteiger partial charge is 0.557 e. The molecule has 0 bridgehead atoms. The Morgan fingerprint density at radius 2 is 1.52 bits per heavy atom. The zero-order valence-corrected chi connectivity index (χ0v) is 14.4. The molecule has 7 nitrogen and oxygen atoms in total. The van der Waals surface area contributed by atoms with Crippen molar-refractivity contribution < 1.29 is 37.8 Å². The fraction of sp³-hybridized carbons (Fsp3) is 0.250. The highest BCUT2D eigenvalue weighted by Gasteiger charge is 2.15. The van der Waals surface area contributed by atoms with Crippen molar-refractivity contribution in [2.75, 3.05) is 7.11 Å². The van der Waals surface area contributed by atoms with Gasteiger partial charge in [-0.15, -0.1) is 0 Å². The van der Waals surface area contributed by atoms with Gasteiger partial charge in [0.2, 0.25) is 0 Å². The lowest BCUT2D eigenvalue weighted by Crippen LogP contribution is -2.31. The Morgan fingerprint density at radius 3 is 1.84 bits per heavy atom. The van der Waals surface area contributed by atoms with E-state index >= 15 is 0 Å². The molecule has 0 aliphatic heterocycles. The molecule has 0 atom stereocenters. The molecule has 25 heavy (non-hydrogen) atoms. The van der Waals surface area contributed by atoms with Crippen molar-refractivity contribution in [3.8, 4) is 41.3 Å². The number of aryl methyl sites for hydroxylation is 1. The predicted molar refractivity (Wildman–Crippen MR) is 99.6 cm³/mol. The minimum absolute atomic E-state index is 0. The summed E-state index contributed by atoms with van der Waals surface area (Å²) in [6.07, 6.45) is 0. The average Bonchev–Trinajstić information content (AvgIpc) is 2.60. The summed E-state index contributed by atoms with van der Waals surface area (Å²) in [6.45, 7) is 5.40. The maximum atomic E-state index is 8.90. The predicted octanol–water partition coefficient (Wildman–Crippen LogP) is 0.712. The fourth-order valence-corrected chi connectivity index (χ4v) is 1.24. The second kappa shape index (κ2) is 17.9. The normalized spacial score (nSPS) is 7.36. The van der Waals surface area contributed by atoms with Crippen molar-refractivity contribution >= 4 is 20.3 Å². The number of hydrogen-bond donors (Lipinski definition) is 4. The summed E-state index contributed by atoms with van der Waals surface area (Å²) in [4.78, 5) is 6.19. The van der Waals surface area contributed by atoms with Crippen molar-refractivity contribution in [3.63, 3.8) is 0 Å². The Morgan fingerprint density at radius 1 is 1.00 bits per heavy atom. The van der Waals surface area contributed by atoms with Gasteiger partial charge in [0.05, 0.1) is 7.11 Å². The van der Waals surface area contributed by atoms with Gasteiger partial charge in [-0.1, -0.05) is 24.0 Å². The summed E-state index contributed by atoms with van der Waals surface area (Å²) in [5, 5.41) is 32.3. The summed E-state index contributed by atoms with van der Waals surface area (Å²) in [7, 11) is 0.390. The van der Waals surface area contributed by atoms with Gasteiger partial charge in [-0.3, -0.25) is 20.1 Å². The lowest BCUT2D eigenvalue weighted by atomic mass is 9.79. The minimum Gasteiger partial charge on any atom is -0.497 e. The molecule has 9 heteroatoms. The summed E-state index contributed by atoms with van der Waals surface area (Å²) >= 11 is 0. The van der Waals surface area contributed by atoms with E-state index in [0.29, 0.717) is 18.9 Å². The van der Waals surface area contributed by atoms with Gasteiger partial charge in [0.1, 0.15) is 5.75 Å². The van der Waals surface area contributed by atoms with Crippen molar-refractivity contribution in [1.29, 1.82) is 0 Å². The summed E-state index contributed by atoms with van der Waals surface area (Å²) in [5.74, 6) is 16.0. The van der Waals surface area contributed by atoms with Crippen LogP contribution < -0.4 is 10.2 Å². The molecule has 0 aliphatic carbocycles. The lowest BCUT2D eigenvalue weighted by molar-refractivity contribution is -0.214. The molecule has 0 amide bonds. The van der Waals surface area contributed by atoms with Crippen LogP contribution in [0.3, 0.4) is 0 Å². The quantitative estimate of drug-likeness (QED) is 0.274. The van der Waals surface area contributed by atoms with Gasteiger partial charge < -0.3 is 14.8 Å². The van der Waals surface area contributed by atoms with E-state index in [-0.39, 0.29) is 2.85 Å². The molecule has 0 aliphatic rings. The first kappa shape index (κ1) is 24.8. The smallest absolute Gasteiger partial charge is 0.497 e. The van der Waals surface area contributed by atoms with Gasteiger partial charge >= 0.3 is 14.8 Å². The first-order valence-electron chi connectivity index (χ1n) is 6.74. The number of methoxy groups -OCH3 is 1. The molecule has 4 N–H and O–H groups in total. The Labute approximate surface area is 151 Å². The molecule has 1 radical (unpaired) electrons. The van der Waals surface area contributed by atoms with E-state index < -0.39 is 7.12 Å². The topological polar surface area (TPSA) is 109 Å². The zero-order chi connectivity index (χ0) is 19.5. The van der Waals surface area contributed by atoms with Gasteiger partial charge in [0, 0.05) is 8.32 Å². The average molecular weight is 349 g/mol. The second-order valence-electron chi connectivity index (χ2n) is 3.93. The van der Waals surface area contributed by atoms with Crippen LogP contribution in [0.2, 0.25) is 0 Å². The third kappa shape index (κ3) is 14.9. The molecule has 1 rings (SSSR count). The molecule has 1 aromatic carbocycles. The highest BCUT2D eigenvalue weighted by atomic mass is 17.2. The standard InChI is InChI=1S/C8H11BO3.C8H6.BH2O4.2H2/c1-6-3-4-7(9(10)11)8(5-6)12-2;1-3-5-7-8-6-4-2;2-4-1-5-3;;/h3-5,10-11H,1-2H3;1-2H3;2-3H;2*1H. The maximum Gasteiger partial charge on any atom is 0.557 e. The van der Waals surface area contributed by atoms with Crippen molar-refractivity contribution in [3.05, 3.63) is 23.8 Å². The molecular weight excluding hydrogens is 326 g/mol. The third-order valence-electron chi connectivity index (χ3n) is 2.19. The van der Waals surface area contributed by atoms with E-state index in [2.05, 4.69) is 45.1 Å². The first-order valence-corrected chi connectivity index (χ1v) is 6.74. The van der Waals surface area contributed by atoms with E-state index in [4.69, 9.17) is 25.3 Å². The highest BCUT2D eigenvalue weighted by molar-refractivity contribution is 6.59. The molecule has 135 valence electrons. The molecule has 0 saturated carbocycles. The van der Waals surface area contributed by atoms with Crippen molar-refractivity contribution in [2.45, 2.75) is 20.8 Å². The van der Waals surface area contributed by atoms with E-state index in [1.165, 1.54) is 7.11 Å². The van der Waals surface area contributed by atoms with Gasteiger partial charge in [-0.05, 0) is 56.1 Å². The van der Waals surface area contributed by atoms with Crippen LogP contribution in [-0.4, -0.2) is 42.5 Å². The summed E-state index contributed by atoms with van der Waals surface area (Å²) < 4.78 is 4.97. The number of ether oxygens (including phenoxy) is 1.